The van der Waals surface area contributed by atoms with Crippen LogP contribution < -0.4 is 14.2 Å². The summed E-state index contributed by atoms with van der Waals surface area (Å²) >= 11 is 5.35. The molecular formula is C27H29BrN2O3S. The second-order valence-electron chi connectivity index (χ2n) is 8.60. The van der Waals surface area contributed by atoms with Crippen LogP contribution in [-0.2, 0) is 0 Å². The maximum absolute atomic E-state index is 6.52. The molecule has 5 nitrogen and oxygen atoms in total. The van der Waals surface area contributed by atoms with Crippen molar-refractivity contribution in [2.45, 2.75) is 51.3 Å². The fraction of sp³-hybridized carbons (Fsp3) is 0.370. The Bertz CT molecular complexity index is 1160. The fourth-order valence-electron chi connectivity index (χ4n) is 4.54. The molecule has 0 amide bonds. The highest BCUT2D eigenvalue weighted by atomic mass is 79.9. The number of methoxy groups -OCH3 is 1. The molecule has 3 heterocycles. The molecule has 0 N–H and O–H groups in total. The van der Waals surface area contributed by atoms with Crippen molar-refractivity contribution in [3.05, 3.63) is 74.4 Å². The summed E-state index contributed by atoms with van der Waals surface area (Å²) in [5, 5.41) is 9.24. The third-order valence-electron chi connectivity index (χ3n) is 6.29. The van der Waals surface area contributed by atoms with E-state index >= 15 is 0 Å². The minimum atomic E-state index is -0.344. The van der Waals surface area contributed by atoms with Gasteiger partial charge in [-0.25, -0.2) is 5.01 Å². The number of hydrogen-bond donors (Lipinski definition) is 0. The number of hydrogen-bond acceptors (Lipinski definition) is 6. The van der Waals surface area contributed by atoms with Crippen molar-refractivity contribution in [2.75, 3.05) is 13.7 Å². The van der Waals surface area contributed by atoms with Gasteiger partial charge in [0.1, 0.15) is 5.75 Å². The van der Waals surface area contributed by atoms with E-state index in [4.69, 9.17) is 19.3 Å². The lowest BCUT2D eigenvalue weighted by molar-refractivity contribution is -0.0192. The lowest BCUT2D eigenvalue weighted by Gasteiger charge is -2.38. The minimum absolute atomic E-state index is 0.115. The molecule has 0 saturated heterocycles. The predicted octanol–water partition coefficient (Wildman–Crippen LogP) is 7.72. The highest BCUT2D eigenvalue weighted by Gasteiger charge is 2.41. The zero-order valence-corrected chi connectivity index (χ0v) is 21.9. The Hall–Kier alpha value is -2.51. The molecule has 34 heavy (non-hydrogen) atoms. The first kappa shape index (κ1) is 23.2. The van der Waals surface area contributed by atoms with Crippen LogP contribution in [0.15, 0.2) is 63.5 Å². The summed E-state index contributed by atoms with van der Waals surface area (Å²) < 4.78 is 19.3. The number of halogens is 1. The van der Waals surface area contributed by atoms with E-state index in [1.807, 2.05) is 24.3 Å². The van der Waals surface area contributed by atoms with Gasteiger partial charge in [0.05, 0.1) is 30.3 Å². The van der Waals surface area contributed by atoms with Crippen molar-refractivity contribution in [1.82, 2.24) is 5.01 Å². The van der Waals surface area contributed by atoms with Gasteiger partial charge in [0, 0.05) is 22.0 Å². The molecule has 5 rings (SSSR count). The third-order valence-corrected chi connectivity index (χ3v) is 7.70. The largest absolute Gasteiger partial charge is 0.493 e. The molecule has 0 bridgehead atoms. The second-order valence-corrected chi connectivity index (χ2v) is 10.5. The van der Waals surface area contributed by atoms with Crippen molar-refractivity contribution in [1.29, 1.82) is 0 Å². The van der Waals surface area contributed by atoms with Crippen LogP contribution in [0.5, 0.6) is 17.2 Å². The van der Waals surface area contributed by atoms with Crippen molar-refractivity contribution < 1.29 is 14.2 Å². The summed E-state index contributed by atoms with van der Waals surface area (Å²) in [5.74, 6) is 2.38. The summed E-state index contributed by atoms with van der Waals surface area (Å²) in [6, 6.07) is 16.6. The van der Waals surface area contributed by atoms with E-state index < -0.39 is 0 Å². The molecule has 1 aromatic heterocycles. The van der Waals surface area contributed by atoms with Gasteiger partial charge in [-0.3, -0.25) is 0 Å². The van der Waals surface area contributed by atoms with Gasteiger partial charge >= 0.3 is 0 Å². The zero-order chi connectivity index (χ0) is 23.5. The monoisotopic (exact) mass is 540 g/mol. The van der Waals surface area contributed by atoms with Crippen LogP contribution in [-0.4, -0.2) is 24.4 Å². The molecular weight excluding hydrogens is 512 g/mol. The molecule has 0 spiro atoms. The topological polar surface area (TPSA) is 43.3 Å². The molecule has 178 valence electrons. The summed E-state index contributed by atoms with van der Waals surface area (Å²) in [6.07, 6.45) is 5.19. The fourth-order valence-corrected chi connectivity index (χ4v) is 5.64. The molecule has 2 aliphatic rings. The quantitative estimate of drug-likeness (QED) is 0.260. The zero-order valence-electron chi connectivity index (χ0n) is 19.5. The second kappa shape index (κ2) is 10.4. The van der Waals surface area contributed by atoms with Crippen molar-refractivity contribution in [3.8, 4) is 17.2 Å². The van der Waals surface area contributed by atoms with Crippen LogP contribution in [0.1, 0.15) is 67.3 Å². The van der Waals surface area contributed by atoms with Crippen molar-refractivity contribution >= 4 is 33.0 Å². The molecule has 0 saturated carbocycles. The first-order valence-corrected chi connectivity index (χ1v) is 13.5. The van der Waals surface area contributed by atoms with E-state index in [0.717, 1.165) is 51.4 Å². The summed E-state index contributed by atoms with van der Waals surface area (Å²) in [6.45, 7) is 2.91. The summed E-state index contributed by atoms with van der Waals surface area (Å²) in [5.41, 5.74) is 3.24. The van der Waals surface area contributed by atoms with E-state index in [-0.39, 0.29) is 12.3 Å². The number of thiophene rings is 1. The predicted molar refractivity (Wildman–Crippen MR) is 140 cm³/mol. The molecule has 0 unspecified atom stereocenters. The Morgan fingerprint density at radius 1 is 1.12 bits per heavy atom. The Kier molecular flexibility index (Phi) is 7.11. The maximum atomic E-state index is 6.52. The van der Waals surface area contributed by atoms with Gasteiger partial charge in [-0.15, -0.1) is 11.3 Å². The molecule has 0 radical (unpaired) electrons. The molecule has 2 aliphatic heterocycles. The Morgan fingerprint density at radius 3 is 2.82 bits per heavy atom. The number of unbranched alkanes of at least 4 members (excludes halogenated alkanes) is 3. The number of benzene rings is 2. The smallest absolute Gasteiger partial charge is 0.214 e. The van der Waals surface area contributed by atoms with Crippen LogP contribution in [0.25, 0.3) is 0 Å². The molecule has 0 aliphatic carbocycles. The van der Waals surface area contributed by atoms with E-state index in [9.17, 15) is 0 Å². The maximum Gasteiger partial charge on any atom is 0.214 e. The number of rotatable bonds is 9. The van der Waals surface area contributed by atoms with E-state index in [0.29, 0.717) is 6.61 Å². The van der Waals surface area contributed by atoms with Gasteiger partial charge in [-0.2, -0.15) is 5.10 Å². The normalized spacial score (nSPS) is 18.7. The number of fused-ring (bicyclic) bond motifs is 3. The standard InChI is InChI=1S/C27H29BrN2O3S/c1-3-4-5-6-13-32-24-11-9-18(15-25(24)31-2)27-30-22(17-21(29-30)26-8-7-14-34-26)20-16-19(28)10-12-23(20)33-27/h7-12,14-16,22,27H,3-6,13,17H2,1-2H3/t22-,27+/m0/s1. The molecule has 2 atom stereocenters. The lowest BCUT2D eigenvalue weighted by Crippen LogP contribution is -2.33. The summed E-state index contributed by atoms with van der Waals surface area (Å²) in [4.78, 5) is 1.20. The SMILES string of the molecule is CCCCCCOc1ccc([C@H]2Oc3ccc(Br)cc3[C@@H]3CC(c4cccs4)=NN23)cc1OC. The van der Waals surface area contributed by atoms with Crippen LogP contribution in [0, 0.1) is 0 Å². The third kappa shape index (κ3) is 4.68. The van der Waals surface area contributed by atoms with Crippen molar-refractivity contribution in [3.63, 3.8) is 0 Å². The van der Waals surface area contributed by atoms with Gasteiger partial charge in [-0.05, 0) is 54.3 Å². The summed E-state index contributed by atoms with van der Waals surface area (Å²) in [7, 11) is 1.68. The van der Waals surface area contributed by atoms with Crippen LogP contribution in [0.2, 0.25) is 0 Å². The number of ether oxygens (including phenoxy) is 3. The van der Waals surface area contributed by atoms with E-state index in [1.54, 1.807) is 18.4 Å². The lowest BCUT2D eigenvalue weighted by atomic mass is 9.97. The number of nitrogens with zero attached hydrogens (tertiary/aromatic N) is 2. The van der Waals surface area contributed by atoms with Gasteiger partial charge in [-0.1, -0.05) is 48.2 Å². The van der Waals surface area contributed by atoms with Gasteiger partial charge < -0.3 is 14.2 Å². The first-order chi connectivity index (χ1) is 16.7. The average molecular weight is 542 g/mol. The highest BCUT2D eigenvalue weighted by molar-refractivity contribution is 9.10. The van der Waals surface area contributed by atoms with Crippen LogP contribution >= 0.6 is 27.3 Å². The molecule has 2 aromatic carbocycles. The van der Waals surface area contributed by atoms with Gasteiger partial charge in [0.15, 0.2) is 11.5 Å². The first-order valence-electron chi connectivity index (χ1n) is 11.8. The Labute approximate surface area is 213 Å². The van der Waals surface area contributed by atoms with Gasteiger partial charge in [0.2, 0.25) is 6.23 Å². The van der Waals surface area contributed by atoms with Gasteiger partial charge in [0.25, 0.3) is 0 Å². The Morgan fingerprint density at radius 2 is 2.03 bits per heavy atom. The molecule has 3 aromatic rings. The number of hydrazone groups is 1. The minimum Gasteiger partial charge on any atom is -0.493 e. The average Bonchev–Trinajstić information content (AvgIpc) is 3.54. The van der Waals surface area contributed by atoms with Crippen LogP contribution in [0.3, 0.4) is 0 Å². The highest BCUT2D eigenvalue weighted by Crippen LogP contribution is 2.49. The molecule has 7 heteroatoms. The van der Waals surface area contributed by atoms with E-state index in [1.165, 1.54) is 24.1 Å². The molecule has 0 fully saturated rings. The van der Waals surface area contributed by atoms with Crippen molar-refractivity contribution in [2.24, 2.45) is 5.10 Å². The van der Waals surface area contributed by atoms with E-state index in [2.05, 4.69) is 57.5 Å². The van der Waals surface area contributed by atoms with Crippen LogP contribution in [0.4, 0.5) is 0 Å². The Balaban J connectivity index is 1.44.